The van der Waals surface area contributed by atoms with Gasteiger partial charge in [-0.05, 0) is 49.2 Å². The maximum Gasteiger partial charge on any atom is 0.331 e. The molecule has 1 amide bonds. The summed E-state index contributed by atoms with van der Waals surface area (Å²) >= 11 is 0. The molecule has 150 valence electrons. The number of fused-ring (bicyclic) bond motifs is 1. The number of hydrogen-bond acceptors (Lipinski definition) is 5. The van der Waals surface area contributed by atoms with Gasteiger partial charge in [0.05, 0.1) is 0 Å². The van der Waals surface area contributed by atoms with Gasteiger partial charge >= 0.3 is 5.69 Å². The number of rotatable bonds is 5. The van der Waals surface area contributed by atoms with Crippen molar-refractivity contribution in [1.29, 1.82) is 5.26 Å². The summed E-state index contributed by atoms with van der Waals surface area (Å²) in [6.45, 7) is -0.0253. The third-order valence-electron chi connectivity index (χ3n) is 4.86. The van der Waals surface area contributed by atoms with Gasteiger partial charge in [0, 0.05) is 17.9 Å². The Morgan fingerprint density at radius 2 is 1.77 bits per heavy atom. The number of aromatic nitrogens is 2. The van der Waals surface area contributed by atoms with Crippen LogP contribution in [-0.2, 0) is 24.3 Å². The van der Waals surface area contributed by atoms with Crippen LogP contribution in [0.25, 0.3) is 0 Å². The van der Waals surface area contributed by atoms with Crippen LogP contribution in [0.5, 0.6) is 11.5 Å². The summed E-state index contributed by atoms with van der Waals surface area (Å²) in [5, 5.41) is 12.0. The van der Waals surface area contributed by atoms with E-state index in [1.807, 2.05) is 36.4 Å². The average molecular weight is 402 g/mol. The molecule has 4 rings (SSSR count). The highest BCUT2D eigenvalue weighted by Gasteiger charge is 2.23. The lowest BCUT2D eigenvalue weighted by Crippen LogP contribution is -2.44. The molecular formula is C22H18N4O4. The molecular weight excluding hydrogens is 384 g/mol. The molecule has 1 aliphatic heterocycles. The van der Waals surface area contributed by atoms with Crippen molar-refractivity contribution in [2.75, 3.05) is 5.32 Å². The summed E-state index contributed by atoms with van der Waals surface area (Å²) in [5.41, 5.74) is -0.402. The SMILES string of the molecule is N#Cc1c2n(c(=O)n(CC(=O)Nc3ccc(Oc4ccccc4)cc3)c1=O)CCC2. The first kappa shape index (κ1) is 19.2. The van der Waals surface area contributed by atoms with Crippen LogP contribution in [-0.4, -0.2) is 15.0 Å². The highest BCUT2D eigenvalue weighted by Crippen LogP contribution is 2.22. The Morgan fingerprint density at radius 1 is 1.07 bits per heavy atom. The zero-order valence-electron chi connectivity index (χ0n) is 16.0. The van der Waals surface area contributed by atoms with E-state index >= 15 is 0 Å². The van der Waals surface area contributed by atoms with Crippen molar-refractivity contribution in [2.45, 2.75) is 25.9 Å². The molecule has 0 fully saturated rings. The predicted octanol–water partition coefficient (Wildman–Crippen LogP) is 2.26. The van der Waals surface area contributed by atoms with E-state index in [4.69, 9.17) is 4.74 Å². The number of carbonyl (C=O) groups excluding carboxylic acids is 1. The van der Waals surface area contributed by atoms with Gasteiger partial charge in [-0.1, -0.05) is 18.2 Å². The molecule has 0 saturated heterocycles. The van der Waals surface area contributed by atoms with Crippen molar-refractivity contribution < 1.29 is 9.53 Å². The van der Waals surface area contributed by atoms with Crippen LogP contribution in [0.15, 0.2) is 64.2 Å². The van der Waals surface area contributed by atoms with E-state index in [0.29, 0.717) is 42.3 Å². The van der Waals surface area contributed by atoms with Crippen LogP contribution < -0.4 is 21.3 Å². The second-order valence-corrected chi connectivity index (χ2v) is 6.85. The molecule has 0 bridgehead atoms. The summed E-state index contributed by atoms with van der Waals surface area (Å²) in [7, 11) is 0. The van der Waals surface area contributed by atoms with Crippen molar-refractivity contribution >= 4 is 11.6 Å². The Morgan fingerprint density at radius 3 is 2.47 bits per heavy atom. The molecule has 1 aliphatic rings. The van der Waals surface area contributed by atoms with Gasteiger partial charge in [0.2, 0.25) is 5.91 Å². The topological polar surface area (TPSA) is 106 Å². The number of anilines is 1. The summed E-state index contributed by atoms with van der Waals surface area (Å²) < 4.78 is 7.92. The minimum absolute atomic E-state index is 0.0673. The zero-order chi connectivity index (χ0) is 21.1. The van der Waals surface area contributed by atoms with E-state index in [-0.39, 0.29) is 5.56 Å². The molecule has 1 aromatic heterocycles. The lowest BCUT2D eigenvalue weighted by molar-refractivity contribution is -0.116. The average Bonchev–Trinajstić information content (AvgIpc) is 3.23. The second kappa shape index (κ2) is 8.09. The zero-order valence-corrected chi connectivity index (χ0v) is 16.0. The first-order valence-electron chi connectivity index (χ1n) is 9.46. The molecule has 0 radical (unpaired) electrons. The van der Waals surface area contributed by atoms with Gasteiger partial charge in [0.1, 0.15) is 29.7 Å². The largest absolute Gasteiger partial charge is 0.457 e. The van der Waals surface area contributed by atoms with Crippen molar-refractivity contribution in [3.63, 3.8) is 0 Å². The van der Waals surface area contributed by atoms with Gasteiger partial charge in [0.15, 0.2) is 0 Å². The predicted molar refractivity (Wildman–Crippen MR) is 110 cm³/mol. The molecule has 0 spiro atoms. The standard InChI is InChI=1S/C22H18N4O4/c23-13-18-19-7-4-12-25(19)22(29)26(21(18)28)14-20(27)24-15-8-10-17(11-9-15)30-16-5-2-1-3-6-16/h1-3,5-6,8-11H,4,7,12,14H2,(H,24,27). The van der Waals surface area contributed by atoms with Gasteiger partial charge in [-0.2, -0.15) is 5.26 Å². The van der Waals surface area contributed by atoms with Crippen LogP contribution in [0.2, 0.25) is 0 Å². The smallest absolute Gasteiger partial charge is 0.331 e. The number of nitrogens with one attached hydrogen (secondary N) is 1. The summed E-state index contributed by atoms with van der Waals surface area (Å²) in [6, 6.07) is 17.9. The molecule has 2 heterocycles. The van der Waals surface area contributed by atoms with Crippen molar-refractivity contribution in [2.24, 2.45) is 0 Å². The fourth-order valence-corrected chi connectivity index (χ4v) is 3.46. The third-order valence-corrected chi connectivity index (χ3v) is 4.86. The Hall–Kier alpha value is -4.12. The number of nitrogens with zero attached hydrogens (tertiary/aromatic N) is 3. The van der Waals surface area contributed by atoms with Gasteiger partial charge < -0.3 is 10.1 Å². The molecule has 8 heteroatoms. The van der Waals surface area contributed by atoms with E-state index < -0.39 is 23.7 Å². The summed E-state index contributed by atoms with van der Waals surface area (Å²) in [6.07, 6.45) is 1.20. The molecule has 0 atom stereocenters. The molecule has 8 nitrogen and oxygen atoms in total. The molecule has 0 saturated carbocycles. The van der Waals surface area contributed by atoms with Crippen LogP contribution in [0.3, 0.4) is 0 Å². The van der Waals surface area contributed by atoms with Gasteiger partial charge in [-0.15, -0.1) is 0 Å². The Balaban J connectivity index is 1.49. The number of ether oxygens (including phenoxy) is 1. The van der Waals surface area contributed by atoms with E-state index in [1.165, 1.54) is 4.57 Å². The maximum atomic E-state index is 12.6. The molecule has 0 aliphatic carbocycles. The van der Waals surface area contributed by atoms with E-state index in [9.17, 15) is 19.6 Å². The second-order valence-electron chi connectivity index (χ2n) is 6.85. The molecule has 3 aromatic rings. The number of hydrogen-bond donors (Lipinski definition) is 1. The van der Waals surface area contributed by atoms with Crippen LogP contribution in [0.4, 0.5) is 5.69 Å². The van der Waals surface area contributed by atoms with Gasteiger partial charge in [-0.25, -0.2) is 9.36 Å². The summed E-state index contributed by atoms with van der Waals surface area (Å²) in [5.74, 6) is 0.762. The minimum atomic E-state index is -0.725. The highest BCUT2D eigenvalue weighted by atomic mass is 16.5. The number of benzene rings is 2. The number of amides is 1. The van der Waals surface area contributed by atoms with Crippen molar-refractivity contribution in [1.82, 2.24) is 9.13 Å². The fraction of sp³-hybridized carbons (Fsp3) is 0.182. The third kappa shape index (κ3) is 3.73. The molecule has 0 unspecified atom stereocenters. The Bertz CT molecular complexity index is 1250. The maximum absolute atomic E-state index is 12.6. The van der Waals surface area contributed by atoms with E-state index in [2.05, 4.69) is 5.32 Å². The van der Waals surface area contributed by atoms with Crippen molar-refractivity contribution in [3.05, 3.63) is 86.7 Å². The first-order valence-corrected chi connectivity index (χ1v) is 9.46. The van der Waals surface area contributed by atoms with Gasteiger partial charge in [0.25, 0.3) is 5.56 Å². The van der Waals surface area contributed by atoms with Gasteiger partial charge in [-0.3, -0.25) is 14.2 Å². The number of nitriles is 1. The normalized spacial score (nSPS) is 12.1. The van der Waals surface area contributed by atoms with Crippen LogP contribution in [0.1, 0.15) is 17.7 Å². The Labute approximate surface area is 171 Å². The number of para-hydroxylation sites is 1. The highest BCUT2D eigenvalue weighted by molar-refractivity contribution is 5.90. The lowest BCUT2D eigenvalue weighted by atomic mass is 10.2. The quantitative estimate of drug-likeness (QED) is 0.705. The molecule has 1 N–H and O–H groups in total. The van der Waals surface area contributed by atoms with E-state index in [0.717, 1.165) is 4.57 Å². The fourth-order valence-electron chi connectivity index (χ4n) is 3.46. The minimum Gasteiger partial charge on any atom is -0.457 e. The monoisotopic (exact) mass is 402 g/mol. The first-order chi connectivity index (χ1) is 14.6. The Kier molecular flexibility index (Phi) is 5.18. The van der Waals surface area contributed by atoms with E-state index in [1.54, 1.807) is 24.3 Å². The number of carbonyl (C=O) groups is 1. The molecule has 2 aromatic carbocycles. The van der Waals surface area contributed by atoms with Crippen LogP contribution >= 0.6 is 0 Å². The molecule has 30 heavy (non-hydrogen) atoms. The van der Waals surface area contributed by atoms with Crippen LogP contribution in [0, 0.1) is 11.3 Å². The lowest BCUT2D eigenvalue weighted by Gasteiger charge is -2.11. The van der Waals surface area contributed by atoms with Crippen molar-refractivity contribution in [3.8, 4) is 17.6 Å². The summed E-state index contributed by atoms with van der Waals surface area (Å²) in [4.78, 5) is 37.5.